The Balaban J connectivity index is 1.64. The highest BCUT2D eigenvalue weighted by Gasteiger charge is 2.19. The number of anilines is 1. The second kappa shape index (κ2) is 6.81. The van der Waals surface area contributed by atoms with Gasteiger partial charge in [0.1, 0.15) is 6.10 Å². The van der Waals surface area contributed by atoms with E-state index in [1.165, 1.54) is 18.4 Å². The topological polar surface area (TPSA) is 67.0 Å². The molecule has 0 spiro atoms. The summed E-state index contributed by atoms with van der Waals surface area (Å²) in [6.07, 6.45) is 7.29. The Bertz CT molecular complexity index is 644. The molecule has 2 N–H and O–H groups in total. The number of hydrogen-bond donors (Lipinski definition) is 2. The van der Waals surface area contributed by atoms with E-state index >= 15 is 0 Å². The van der Waals surface area contributed by atoms with Gasteiger partial charge in [-0.3, -0.25) is 5.32 Å². The van der Waals surface area contributed by atoms with Crippen LogP contribution in [0.25, 0.3) is 11.0 Å². The summed E-state index contributed by atoms with van der Waals surface area (Å²) in [6, 6.07) is 6.19. The Kier molecular flexibility index (Phi) is 4.61. The van der Waals surface area contributed by atoms with Crippen LogP contribution in [0, 0.1) is 0 Å². The zero-order valence-electron chi connectivity index (χ0n) is 13.0. The number of hydrogen-bond acceptors (Lipinski definition) is 3. The van der Waals surface area contributed by atoms with Crippen LogP contribution in [0.15, 0.2) is 18.2 Å². The number of carbonyl (C=O) groups excluding carboxylic acids is 1. The van der Waals surface area contributed by atoms with Crippen molar-refractivity contribution in [2.45, 2.75) is 58.0 Å². The van der Waals surface area contributed by atoms with E-state index in [2.05, 4.69) is 34.3 Å². The Labute approximate surface area is 130 Å². The van der Waals surface area contributed by atoms with E-state index < -0.39 is 6.09 Å². The van der Waals surface area contributed by atoms with Crippen LogP contribution in [0.3, 0.4) is 0 Å². The first kappa shape index (κ1) is 14.9. The highest BCUT2D eigenvalue weighted by molar-refractivity contribution is 5.86. The molecule has 118 valence electrons. The first-order chi connectivity index (χ1) is 10.7. The molecular formula is C17H23N3O2. The van der Waals surface area contributed by atoms with Crippen molar-refractivity contribution in [3.63, 3.8) is 0 Å². The smallest absolute Gasteiger partial charge is 0.414 e. The lowest BCUT2D eigenvalue weighted by atomic mass is 10.1. The maximum Gasteiger partial charge on any atom is 0.414 e. The number of unbranched alkanes of at least 4 members (excludes halogenated alkanes) is 1. The Morgan fingerprint density at radius 1 is 1.41 bits per heavy atom. The molecule has 1 aliphatic rings. The number of ether oxygens (including phenoxy) is 1. The minimum Gasteiger partial charge on any atom is -0.446 e. The van der Waals surface area contributed by atoms with E-state index in [9.17, 15) is 4.79 Å². The second-order valence-corrected chi connectivity index (χ2v) is 5.98. The van der Waals surface area contributed by atoms with Gasteiger partial charge in [-0.1, -0.05) is 19.4 Å². The number of benzene rings is 1. The molecule has 5 nitrogen and oxygen atoms in total. The summed E-state index contributed by atoms with van der Waals surface area (Å²) in [7, 11) is 0. The number of H-pyrrole nitrogens is 1. The molecular weight excluding hydrogens is 278 g/mol. The summed E-state index contributed by atoms with van der Waals surface area (Å²) < 4.78 is 5.38. The van der Waals surface area contributed by atoms with E-state index in [1.807, 2.05) is 6.07 Å². The minimum atomic E-state index is -0.419. The Morgan fingerprint density at radius 3 is 3.00 bits per heavy atom. The lowest BCUT2D eigenvalue weighted by molar-refractivity contribution is 0.114. The van der Waals surface area contributed by atoms with Crippen LogP contribution in [0.5, 0.6) is 0 Å². The molecule has 1 heterocycles. The minimum absolute atomic E-state index is 0.0602. The molecule has 1 saturated carbocycles. The normalized spacial score (nSPS) is 15.3. The third-order valence-electron chi connectivity index (χ3n) is 4.16. The molecule has 1 fully saturated rings. The predicted molar refractivity (Wildman–Crippen MR) is 87.1 cm³/mol. The Morgan fingerprint density at radius 2 is 2.23 bits per heavy atom. The number of amides is 1. The maximum atomic E-state index is 11.9. The third-order valence-corrected chi connectivity index (χ3v) is 4.16. The van der Waals surface area contributed by atoms with Crippen molar-refractivity contribution in [1.82, 2.24) is 9.97 Å². The van der Waals surface area contributed by atoms with Gasteiger partial charge in [-0.15, -0.1) is 0 Å². The Hall–Kier alpha value is -2.04. The number of aromatic nitrogens is 2. The van der Waals surface area contributed by atoms with Crippen LogP contribution in [0.1, 0.15) is 51.0 Å². The van der Waals surface area contributed by atoms with Gasteiger partial charge < -0.3 is 9.72 Å². The molecule has 2 aromatic rings. The monoisotopic (exact) mass is 301 g/mol. The number of nitrogens with zero attached hydrogens (tertiary/aromatic N) is 1. The van der Waals surface area contributed by atoms with E-state index in [0.717, 1.165) is 43.1 Å². The molecule has 5 heteroatoms. The van der Waals surface area contributed by atoms with Crippen LogP contribution in [-0.4, -0.2) is 22.2 Å². The summed E-state index contributed by atoms with van der Waals surface area (Å²) in [5, 5.41) is 2.69. The van der Waals surface area contributed by atoms with Crippen molar-refractivity contribution in [3.8, 4) is 0 Å². The SMILES string of the molecule is CCCCc1ccc2nc(NC(=O)OC3CCCC3)[nH]c2c1. The summed E-state index contributed by atoms with van der Waals surface area (Å²) in [5.74, 6) is 0.450. The van der Waals surface area contributed by atoms with Crippen LogP contribution >= 0.6 is 0 Å². The average molecular weight is 301 g/mol. The van der Waals surface area contributed by atoms with Gasteiger partial charge >= 0.3 is 6.09 Å². The standard InChI is InChI=1S/C17H23N3O2/c1-2-3-6-12-9-10-14-15(11-12)19-16(18-14)20-17(21)22-13-7-4-5-8-13/h9-11,13H,2-8H2,1H3,(H2,18,19,20,21). The van der Waals surface area contributed by atoms with E-state index in [-0.39, 0.29) is 6.10 Å². The van der Waals surface area contributed by atoms with Gasteiger partial charge in [-0.05, 0) is 56.2 Å². The molecule has 1 aromatic carbocycles. The third kappa shape index (κ3) is 3.59. The average Bonchev–Trinajstić information content (AvgIpc) is 3.13. The molecule has 1 aromatic heterocycles. The number of rotatable bonds is 5. The molecule has 0 saturated heterocycles. The number of aryl methyl sites for hydroxylation is 1. The molecule has 0 unspecified atom stereocenters. The van der Waals surface area contributed by atoms with Crippen molar-refractivity contribution >= 4 is 23.1 Å². The fourth-order valence-corrected chi connectivity index (χ4v) is 2.94. The number of imidazole rings is 1. The molecule has 0 radical (unpaired) electrons. The first-order valence-electron chi connectivity index (χ1n) is 8.21. The van der Waals surface area contributed by atoms with Crippen LogP contribution < -0.4 is 5.32 Å². The summed E-state index contributed by atoms with van der Waals surface area (Å²) in [5.41, 5.74) is 3.10. The molecule has 1 aliphatic carbocycles. The van der Waals surface area contributed by atoms with Gasteiger partial charge in [0.15, 0.2) is 0 Å². The van der Waals surface area contributed by atoms with Crippen LogP contribution in [0.4, 0.5) is 10.7 Å². The van der Waals surface area contributed by atoms with Crippen molar-refractivity contribution in [2.75, 3.05) is 5.32 Å². The molecule has 0 aliphatic heterocycles. The van der Waals surface area contributed by atoms with E-state index in [0.29, 0.717) is 5.95 Å². The number of nitrogens with one attached hydrogen (secondary N) is 2. The van der Waals surface area contributed by atoms with Gasteiger partial charge in [-0.2, -0.15) is 0 Å². The van der Waals surface area contributed by atoms with E-state index in [4.69, 9.17) is 4.74 Å². The number of fused-ring (bicyclic) bond motifs is 1. The van der Waals surface area contributed by atoms with Gasteiger partial charge in [0.2, 0.25) is 5.95 Å². The van der Waals surface area contributed by atoms with Crippen molar-refractivity contribution < 1.29 is 9.53 Å². The zero-order chi connectivity index (χ0) is 15.4. The molecule has 0 bridgehead atoms. The van der Waals surface area contributed by atoms with Gasteiger partial charge in [0.05, 0.1) is 11.0 Å². The fraction of sp³-hybridized carbons (Fsp3) is 0.529. The zero-order valence-corrected chi connectivity index (χ0v) is 13.0. The summed E-state index contributed by atoms with van der Waals surface area (Å²) in [6.45, 7) is 2.19. The van der Waals surface area contributed by atoms with Gasteiger partial charge in [0, 0.05) is 0 Å². The number of aromatic amines is 1. The highest BCUT2D eigenvalue weighted by Crippen LogP contribution is 2.22. The van der Waals surface area contributed by atoms with Gasteiger partial charge in [-0.25, -0.2) is 9.78 Å². The molecule has 1 amide bonds. The van der Waals surface area contributed by atoms with Crippen molar-refractivity contribution in [1.29, 1.82) is 0 Å². The highest BCUT2D eigenvalue weighted by atomic mass is 16.6. The first-order valence-corrected chi connectivity index (χ1v) is 8.21. The summed E-state index contributed by atoms with van der Waals surface area (Å²) >= 11 is 0. The predicted octanol–water partition coefficient (Wildman–Crippen LogP) is 4.40. The van der Waals surface area contributed by atoms with Gasteiger partial charge in [0.25, 0.3) is 0 Å². The molecule has 22 heavy (non-hydrogen) atoms. The van der Waals surface area contributed by atoms with Crippen molar-refractivity contribution in [2.24, 2.45) is 0 Å². The fourth-order valence-electron chi connectivity index (χ4n) is 2.94. The lowest BCUT2D eigenvalue weighted by Crippen LogP contribution is -2.20. The second-order valence-electron chi connectivity index (χ2n) is 5.98. The largest absolute Gasteiger partial charge is 0.446 e. The molecule has 0 atom stereocenters. The lowest BCUT2D eigenvalue weighted by Gasteiger charge is -2.10. The van der Waals surface area contributed by atoms with E-state index in [1.54, 1.807) is 0 Å². The number of carbonyl (C=O) groups is 1. The van der Waals surface area contributed by atoms with Crippen molar-refractivity contribution in [3.05, 3.63) is 23.8 Å². The van der Waals surface area contributed by atoms with Crippen LogP contribution in [-0.2, 0) is 11.2 Å². The quantitative estimate of drug-likeness (QED) is 0.860. The molecule has 3 rings (SSSR count). The maximum absolute atomic E-state index is 11.9. The summed E-state index contributed by atoms with van der Waals surface area (Å²) in [4.78, 5) is 19.4. The van der Waals surface area contributed by atoms with Crippen LogP contribution in [0.2, 0.25) is 0 Å².